The van der Waals surface area contributed by atoms with Crippen LogP contribution < -0.4 is 0 Å². The minimum Gasteiger partial charge on any atom is -0.389 e. The van der Waals surface area contributed by atoms with Gasteiger partial charge in [0.15, 0.2) is 0 Å². The summed E-state index contributed by atoms with van der Waals surface area (Å²) in [5.74, 6) is 2.42. The van der Waals surface area contributed by atoms with Crippen LogP contribution in [0.4, 0.5) is 0 Å². The molecule has 1 aliphatic carbocycles. The van der Waals surface area contributed by atoms with Crippen molar-refractivity contribution < 1.29 is 5.11 Å². The zero-order chi connectivity index (χ0) is 9.86. The Bertz CT molecular complexity index is 175. The van der Waals surface area contributed by atoms with E-state index in [1.807, 2.05) is 21.6 Å². The average Bonchev–Trinajstić information content (AvgIpc) is 2.43. The van der Waals surface area contributed by atoms with Gasteiger partial charge in [0.25, 0.3) is 0 Å². The van der Waals surface area contributed by atoms with Crippen LogP contribution in [0.1, 0.15) is 25.7 Å². The second-order valence-corrected chi connectivity index (χ2v) is 7.05. The van der Waals surface area contributed by atoms with Crippen molar-refractivity contribution in [3.63, 3.8) is 0 Å². The lowest BCUT2D eigenvalue weighted by molar-refractivity contribution is 0.0129. The Morgan fingerprint density at radius 3 is 2.21 bits per heavy atom. The second kappa shape index (κ2) is 5.10. The van der Waals surface area contributed by atoms with Crippen molar-refractivity contribution in [2.45, 2.75) is 31.3 Å². The highest BCUT2D eigenvalue weighted by Gasteiger charge is 2.32. The number of β-amino-alcohol motifs (C(OH)–C–C–N with tert-alkyl or cyclic N) is 1. The van der Waals surface area contributed by atoms with Gasteiger partial charge in [0.05, 0.1) is 5.60 Å². The third-order valence-electron chi connectivity index (χ3n) is 3.12. The fraction of sp³-hybridized carbons (Fsp3) is 1.00. The lowest BCUT2D eigenvalue weighted by atomic mass is 10.0. The Morgan fingerprint density at radius 1 is 1.07 bits per heavy atom. The van der Waals surface area contributed by atoms with E-state index in [2.05, 4.69) is 4.90 Å². The Labute approximate surface area is 94.2 Å². The van der Waals surface area contributed by atoms with Gasteiger partial charge in [0.1, 0.15) is 0 Å². The molecule has 0 aromatic heterocycles. The van der Waals surface area contributed by atoms with Gasteiger partial charge >= 0.3 is 0 Å². The SMILES string of the molecule is OC1(CN2CCSSCC2)CCCC1. The van der Waals surface area contributed by atoms with Crippen molar-refractivity contribution in [3.05, 3.63) is 0 Å². The van der Waals surface area contributed by atoms with E-state index in [4.69, 9.17) is 0 Å². The first-order valence-electron chi connectivity index (χ1n) is 5.48. The first-order chi connectivity index (χ1) is 6.79. The van der Waals surface area contributed by atoms with Gasteiger partial charge in [-0.25, -0.2) is 0 Å². The van der Waals surface area contributed by atoms with Crippen molar-refractivity contribution in [2.24, 2.45) is 0 Å². The number of aliphatic hydroxyl groups is 1. The highest BCUT2D eigenvalue weighted by atomic mass is 33.1. The van der Waals surface area contributed by atoms with Crippen molar-refractivity contribution in [2.75, 3.05) is 31.1 Å². The van der Waals surface area contributed by atoms with E-state index in [0.29, 0.717) is 0 Å². The highest BCUT2D eigenvalue weighted by molar-refractivity contribution is 8.76. The van der Waals surface area contributed by atoms with Gasteiger partial charge in [-0.05, 0) is 12.8 Å². The topological polar surface area (TPSA) is 23.5 Å². The zero-order valence-electron chi connectivity index (χ0n) is 8.57. The van der Waals surface area contributed by atoms with Crippen LogP contribution in [-0.4, -0.2) is 46.7 Å². The van der Waals surface area contributed by atoms with Gasteiger partial charge in [0.2, 0.25) is 0 Å². The van der Waals surface area contributed by atoms with Gasteiger partial charge < -0.3 is 5.11 Å². The van der Waals surface area contributed by atoms with E-state index in [1.54, 1.807) is 0 Å². The van der Waals surface area contributed by atoms with Crippen LogP contribution in [0, 0.1) is 0 Å². The maximum absolute atomic E-state index is 10.3. The second-order valence-electron chi connectivity index (χ2n) is 4.35. The van der Waals surface area contributed by atoms with Crippen LogP contribution in [0.3, 0.4) is 0 Å². The number of hydrogen-bond donors (Lipinski definition) is 1. The van der Waals surface area contributed by atoms with E-state index in [9.17, 15) is 5.11 Å². The lowest BCUT2D eigenvalue weighted by Gasteiger charge is -2.30. The van der Waals surface area contributed by atoms with Gasteiger partial charge in [0, 0.05) is 31.1 Å². The molecule has 4 heteroatoms. The molecule has 0 unspecified atom stereocenters. The Morgan fingerprint density at radius 2 is 1.64 bits per heavy atom. The molecule has 0 bridgehead atoms. The quantitative estimate of drug-likeness (QED) is 0.737. The fourth-order valence-electron chi connectivity index (χ4n) is 2.33. The molecule has 1 saturated heterocycles. The summed E-state index contributed by atoms with van der Waals surface area (Å²) < 4.78 is 0. The van der Waals surface area contributed by atoms with Crippen molar-refractivity contribution in [1.82, 2.24) is 4.90 Å². The monoisotopic (exact) mass is 233 g/mol. The van der Waals surface area contributed by atoms with E-state index < -0.39 is 0 Å². The predicted molar refractivity (Wildman–Crippen MR) is 64.8 cm³/mol. The summed E-state index contributed by atoms with van der Waals surface area (Å²) in [5, 5.41) is 10.3. The van der Waals surface area contributed by atoms with Crippen LogP contribution in [0.25, 0.3) is 0 Å². The van der Waals surface area contributed by atoms with E-state index in [0.717, 1.165) is 32.5 Å². The van der Waals surface area contributed by atoms with Gasteiger partial charge in [-0.15, -0.1) is 0 Å². The minimum atomic E-state index is -0.348. The third-order valence-corrected chi connectivity index (χ3v) is 5.48. The van der Waals surface area contributed by atoms with Crippen LogP contribution in [0.5, 0.6) is 0 Å². The molecule has 0 aromatic carbocycles. The molecule has 2 fully saturated rings. The van der Waals surface area contributed by atoms with Crippen molar-refractivity contribution in [3.8, 4) is 0 Å². The molecular weight excluding hydrogens is 214 g/mol. The zero-order valence-corrected chi connectivity index (χ0v) is 10.2. The lowest BCUT2D eigenvalue weighted by Crippen LogP contribution is -2.42. The Balaban J connectivity index is 1.82. The molecule has 0 radical (unpaired) electrons. The van der Waals surface area contributed by atoms with Crippen LogP contribution in [0.15, 0.2) is 0 Å². The van der Waals surface area contributed by atoms with Crippen molar-refractivity contribution >= 4 is 21.6 Å². The molecule has 2 nitrogen and oxygen atoms in total. The molecule has 1 N–H and O–H groups in total. The number of nitrogens with zero attached hydrogens (tertiary/aromatic N) is 1. The normalized spacial score (nSPS) is 28.9. The summed E-state index contributed by atoms with van der Waals surface area (Å²) in [4.78, 5) is 2.44. The van der Waals surface area contributed by atoms with E-state index >= 15 is 0 Å². The largest absolute Gasteiger partial charge is 0.389 e. The molecule has 0 aromatic rings. The highest BCUT2D eigenvalue weighted by Crippen LogP contribution is 2.31. The van der Waals surface area contributed by atoms with E-state index in [-0.39, 0.29) is 5.60 Å². The fourth-order valence-corrected chi connectivity index (χ4v) is 4.38. The molecule has 1 heterocycles. The molecular formula is C10H19NOS2. The summed E-state index contributed by atoms with van der Waals surface area (Å²) >= 11 is 0. The third kappa shape index (κ3) is 3.05. The van der Waals surface area contributed by atoms with Gasteiger partial charge in [-0.3, -0.25) is 4.90 Å². The molecule has 0 spiro atoms. The smallest absolute Gasteiger partial charge is 0.0774 e. The predicted octanol–water partition coefficient (Wildman–Crippen LogP) is 1.99. The summed E-state index contributed by atoms with van der Waals surface area (Å²) in [6, 6.07) is 0. The molecule has 82 valence electrons. The molecule has 2 rings (SSSR count). The Kier molecular flexibility index (Phi) is 4.05. The maximum Gasteiger partial charge on any atom is 0.0774 e. The molecule has 0 atom stereocenters. The summed E-state index contributed by atoms with van der Waals surface area (Å²) in [6.07, 6.45) is 4.47. The summed E-state index contributed by atoms with van der Waals surface area (Å²) in [5.41, 5.74) is -0.348. The molecule has 14 heavy (non-hydrogen) atoms. The van der Waals surface area contributed by atoms with Gasteiger partial charge in [-0.1, -0.05) is 34.4 Å². The van der Waals surface area contributed by atoms with Crippen LogP contribution >= 0.6 is 21.6 Å². The molecule has 2 aliphatic rings. The first-order valence-corrected chi connectivity index (χ1v) is 7.97. The van der Waals surface area contributed by atoms with E-state index in [1.165, 1.54) is 24.3 Å². The first kappa shape index (κ1) is 11.1. The average molecular weight is 233 g/mol. The van der Waals surface area contributed by atoms with Crippen molar-refractivity contribution in [1.29, 1.82) is 0 Å². The van der Waals surface area contributed by atoms with Crippen LogP contribution in [-0.2, 0) is 0 Å². The molecule has 0 amide bonds. The molecule has 1 saturated carbocycles. The number of hydrogen-bond acceptors (Lipinski definition) is 4. The van der Waals surface area contributed by atoms with Crippen LogP contribution in [0.2, 0.25) is 0 Å². The van der Waals surface area contributed by atoms with Gasteiger partial charge in [-0.2, -0.15) is 0 Å². The maximum atomic E-state index is 10.3. The standard InChI is InChI=1S/C10H19NOS2/c12-10(3-1-2-4-10)9-11-5-7-13-14-8-6-11/h12H,1-9H2. The Hall–Kier alpha value is 0.620. The summed E-state index contributed by atoms with van der Waals surface area (Å²) in [6.45, 7) is 3.22. The minimum absolute atomic E-state index is 0.348. The molecule has 1 aliphatic heterocycles. The summed E-state index contributed by atoms with van der Waals surface area (Å²) in [7, 11) is 3.94. The number of rotatable bonds is 2.